The van der Waals surface area contributed by atoms with Crippen LogP contribution >= 0.6 is 0 Å². The number of hydrogen-bond acceptors (Lipinski definition) is 5. The molecule has 0 fully saturated rings. The minimum Gasteiger partial charge on any atom is -0.468 e. The first-order chi connectivity index (χ1) is 8.54. The molecule has 98 valence electrons. The van der Waals surface area contributed by atoms with Crippen LogP contribution in [-0.2, 0) is 23.1 Å². The third-order valence-electron chi connectivity index (χ3n) is 2.44. The standard InChI is InChI=1S/C10H14N4O3S/c1-7-10(9(5-11)14-13-7)18(15,16)12-6-8-3-2-4-17-8/h2-4,12H,5-6,11H2,1H3,(H,13,14). The molecule has 0 amide bonds. The van der Waals surface area contributed by atoms with Gasteiger partial charge in [-0.15, -0.1) is 0 Å². The summed E-state index contributed by atoms with van der Waals surface area (Å²) in [4.78, 5) is 0.108. The summed E-state index contributed by atoms with van der Waals surface area (Å²) in [6.07, 6.45) is 1.48. The molecule has 0 saturated carbocycles. The number of H-pyrrole nitrogens is 1. The average Bonchev–Trinajstić information content (AvgIpc) is 2.95. The van der Waals surface area contributed by atoms with Crippen molar-refractivity contribution in [2.75, 3.05) is 0 Å². The van der Waals surface area contributed by atoms with Crippen LogP contribution in [0.4, 0.5) is 0 Å². The number of rotatable bonds is 5. The lowest BCUT2D eigenvalue weighted by molar-refractivity contribution is 0.498. The highest BCUT2D eigenvalue weighted by molar-refractivity contribution is 7.89. The number of aryl methyl sites for hydroxylation is 1. The molecule has 0 aliphatic rings. The van der Waals surface area contributed by atoms with Crippen molar-refractivity contribution in [3.8, 4) is 0 Å². The maximum absolute atomic E-state index is 12.1. The molecular formula is C10H14N4O3S. The van der Waals surface area contributed by atoms with Crippen LogP contribution in [-0.4, -0.2) is 18.6 Å². The number of nitrogens with two attached hydrogens (primary N) is 1. The van der Waals surface area contributed by atoms with Crippen molar-refractivity contribution in [2.45, 2.75) is 24.9 Å². The van der Waals surface area contributed by atoms with Crippen LogP contribution < -0.4 is 10.5 Å². The average molecular weight is 270 g/mol. The quantitative estimate of drug-likeness (QED) is 0.720. The minimum absolute atomic E-state index is 0.0569. The number of nitrogens with one attached hydrogen (secondary N) is 2. The zero-order chi connectivity index (χ0) is 13.2. The van der Waals surface area contributed by atoms with Gasteiger partial charge in [0.15, 0.2) is 0 Å². The summed E-state index contributed by atoms with van der Waals surface area (Å²) in [6, 6.07) is 3.38. The smallest absolute Gasteiger partial charge is 0.244 e. The van der Waals surface area contributed by atoms with Crippen molar-refractivity contribution in [3.63, 3.8) is 0 Å². The van der Waals surface area contributed by atoms with Crippen molar-refractivity contribution in [3.05, 3.63) is 35.5 Å². The van der Waals surface area contributed by atoms with Gasteiger partial charge >= 0.3 is 0 Å². The fourth-order valence-electron chi connectivity index (χ4n) is 1.62. The van der Waals surface area contributed by atoms with Gasteiger partial charge in [0.2, 0.25) is 10.0 Å². The van der Waals surface area contributed by atoms with Crippen LogP contribution in [0.5, 0.6) is 0 Å². The Morgan fingerprint density at radius 2 is 2.33 bits per heavy atom. The molecule has 0 aliphatic heterocycles. The molecule has 0 radical (unpaired) electrons. The Bertz CT molecular complexity index is 616. The van der Waals surface area contributed by atoms with Gasteiger partial charge in [0.25, 0.3) is 0 Å². The van der Waals surface area contributed by atoms with Gasteiger partial charge < -0.3 is 10.2 Å². The molecule has 2 heterocycles. The summed E-state index contributed by atoms with van der Waals surface area (Å²) in [6.45, 7) is 1.78. The lowest BCUT2D eigenvalue weighted by atomic mass is 10.4. The maximum Gasteiger partial charge on any atom is 0.244 e. The number of aromatic amines is 1. The predicted molar refractivity (Wildman–Crippen MR) is 63.9 cm³/mol. The van der Waals surface area contributed by atoms with Crippen LogP contribution in [0.2, 0.25) is 0 Å². The van der Waals surface area contributed by atoms with Gasteiger partial charge in [-0.2, -0.15) is 5.10 Å². The Labute approximate surface area is 104 Å². The molecular weight excluding hydrogens is 256 g/mol. The second-order valence-corrected chi connectivity index (χ2v) is 5.44. The van der Waals surface area contributed by atoms with Crippen LogP contribution in [0.15, 0.2) is 27.7 Å². The molecule has 0 aliphatic carbocycles. The van der Waals surface area contributed by atoms with Gasteiger partial charge in [-0.3, -0.25) is 5.10 Å². The summed E-state index contributed by atoms with van der Waals surface area (Å²) < 4.78 is 31.7. The molecule has 7 nitrogen and oxygen atoms in total. The predicted octanol–water partition coefficient (Wildman–Crippen LogP) is 0.248. The number of aromatic nitrogens is 2. The minimum atomic E-state index is -3.65. The van der Waals surface area contributed by atoms with E-state index >= 15 is 0 Å². The molecule has 0 unspecified atom stereocenters. The van der Waals surface area contributed by atoms with Gasteiger partial charge in [-0.05, 0) is 19.1 Å². The second-order valence-electron chi connectivity index (χ2n) is 3.73. The summed E-state index contributed by atoms with van der Waals surface area (Å²) in [7, 11) is -3.65. The molecule has 0 spiro atoms. The topological polar surface area (TPSA) is 114 Å². The SMILES string of the molecule is Cc1[nH]nc(CN)c1S(=O)(=O)NCc1ccco1. The zero-order valence-corrected chi connectivity index (χ0v) is 10.6. The maximum atomic E-state index is 12.1. The number of hydrogen-bond donors (Lipinski definition) is 3. The molecule has 2 rings (SSSR count). The largest absolute Gasteiger partial charge is 0.468 e. The Kier molecular flexibility index (Phi) is 3.50. The van der Waals surface area contributed by atoms with Crippen molar-refractivity contribution in [1.29, 1.82) is 0 Å². The molecule has 0 aromatic carbocycles. The molecule has 0 saturated heterocycles. The Morgan fingerprint density at radius 1 is 1.56 bits per heavy atom. The van der Waals surface area contributed by atoms with Gasteiger partial charge in [-0.1, -0.05) is 0 Å². The van der Waals surface area contributed by atoms with E-state index in [0.717, 1.165) is 0 Å². The first kappa shape index (κ1) is 12.8. The van der Waals surface area contributed by atoms with Gasteiger partial charge in [0.1, 0.15) is 10.7 Å². The first-order valence-corrected chi connectivity index (χ1v) is 6.79. The third-order valence-corrected chi connectivity index (χ3v) is 4.04. The van der Waals surface area contributed by atoms with Crippen molar-refractivity contribution in [2.24, 2.45) is 5.73 Å². The van der Waals surface area contributed by atoms with E-state index in [0.29, 0.717) is 17.1 Å². The van der Waals surface area contributed by atoms with Crippen LogP contribution in [0.25, 0.3) is 0 Å². The highest BCUT2D eigenvalue weighted by Gasteiger charge is 2.23. The Balaban J connectivity index is 2.22. The highest BCUT2D eigenvalue weighted by Crippen LogP contribution is 2.17. The molecule has 0 atom stereocenters. The van der Waals surface area contributed by atoms with Gasteiger partial charge in [-0.25, -0.2) is 13.1 Å². The first-order valence-electron chi connectivity index (χ1n) is 5.30. The Morgan fingerprint density at radius 3 is 2.94 bits per heavy atom. The molecule has 0 bridgehead atoms. The van der Waals surface area contributed by atoms with Crippen molar-refractivity contribution in [1.82, 2.24) is 14.9 Å². The van der Waals surface area contributed by atoms with E-state index in [1.165, 1.54) is 6.26 Å². The van der Waals surface area contributed by atoms with E-state index < -0.39 is 10.0 Å². The monoisotopic (exact) mass is 270 g/mol. The third kappa shape index (κ3) is 2.45. The van der Waals surface area contributed by atoms with E-state index in [2.05, 4.69) is 14.9 Å². The van der Waals surface area contributed by atoms with E-state index in [1.54, 1.807) is 19.1 Å². The molecule has 18 heavy (non-hydrogen) atoms. The highest BCUT2D eigenvalue weighted by atomic mass is 32.2. The normalized spacial score (nSPS) is 11.9. The van der Waals surface area contributed by atoms with Crippen molar-refractivity contribution >= 4 is 10.0 Å². The summed E-state index contributed by atoms with van der Waals surface area (Å²) in [5.41, 5.74) is 6.24. The fraction of sp³-hybridized carbons (Fsp3) is 0.300. The van der Waals surface area contributed by atoms with E-state index in [-0.39, 0.29) is 18.0 Å². The molecule has 8 heteroatoms. The van der Waals surface area contributed by atoms with Gasteiger partial charge in [0.05, 0.1) is 24.2 Å². The summed E-state index contributed by atoms with van der Waals surface area (Å²) in [5, 5.41) is 6.47. The summed E-state index contributed by atoms with van der Waals surface area (Å²) in [5.74, 6) is 0.536. The number of sulfonamides is 1. The lowest BCUT2D eigenvalue weighted by Crippen LogP contribution is -2.24. The molecule has 4 N–H and O–H groups in total. The Hall–Kier alpha value is -1.64. The lowest BCUT2D eigenvalue weighted by Gasteiger charge is -2.05. The van der Waals surface area contributed by atoms with E-state index in [1.807, 2.05) is 0 Å². The van der Waals surface area contributed by atoms with Crippen molar-refractivity contribution < 1.29 is 12.8 Å². The van der Waals surface area contributed by atoms with E-state index in [9.17, 15) is 8.42 Å². The zero-order valence-electron chi connectivity index (χ0n) is 9.80. The van der Waals surface area contributed by atoms with Crippen LogP contribution in [0.1, 0.15) is 17.1 Å². The fourth-order valence-corrected chi connectivity index (χ4v) is 2.98. The molecule has 2 aromatic heterocycles. The number of furan rings is 1. The number of nitrogens with zero attached hydrogens (tertiary/aromatic N) is 1. The summed E-state index contributed by atoms with van der Waals surface area (Å²) >= 11 is 0. The van der Waals surface area contributed by atoms with Crippen LogP contribution in [0, 0.1) is 6.92 Å². The second kappa shape index (κ2) is 4.92. The van der Waals surface area contributed by atoms with Crippen LogP contribution in [0.3, 0.4) is 0 Å². The molecule has 2 aromatic rings. The van der Waals surface area contributed by atoms with E-state index in [4.69, 9.17) is 10.2 Å². The van der Waals surface area contributed by atoms with Gasteiger partial charge in [0, 0.05) is 6.54 Å².